The second-order valence-corrected chi connectivity index (χ2v) is 6.00. The van der Waals surface area contributed by atoms with Gasteiger partial charge in [-0.1, -0.05) is 19.4 Å². The fourth-order valence-electron chi connectivity index (χ4n) is 3.18. The zero-order valence-corrected chi connectivity index (χ0v) is 13.0. The third-order valence-electron chi connectivity index (χ3n) is 4.38. The first-order valence-electron chi connectivity index (χ1n) is 8.01. The standard InChI is InChI=1S/C17H29N3/c1-3-11-20(17-9-6-7-15(18)14-17)13-10-16-8-4-5-12-19(16)2/h6-7,9,14,16H,3-5,8,10-13,18H2,1-2H3. The first-order valence-corrected chi connectivity index (χ1v) is 8.01. The van der Waals surface area contributed by atoms with Crippen molar-refractivity contribution in [2.24, 2.45) is 0 Å². The number of nitrogens with two attached hydrogens (primary N) is 1. The molecule has 0 saturated carbocycles. The molecule has 1 aliphatic heterocycles. The van der Waals surface area contributed by atoms with Gasteiger partial charge in [0, 0.05) is 30.5 Å². The SMILES string of the molecule is CCCN(CCC1CCCCN1C)c1cccc(N)c1. The summed E-state index contributed by atoms with van der Waals surface area (Å²) in [5, 5.41) is 0. The van der Waals surface area contributed by atoms with E-state index in [1.54, 1.807) is 0 Å². The molecule has 1 aromatic carbocycles. The van der Waals surface area contributed by atoms with E-state index in [1.165, 1.54) is 44.3 Å². The lowest BCUT2D eigenvalue weighted by Gasteiger charge is -2.34. The molecule has 1 aliphatic rings. The highest BCUT2D eigenvalue weighted by Gasteiger charge is 2.19. The van der Waals surface area contributed by atoms with Crippen LogP contribution in [0.25, 0.3) is 0 Å². The summed E-state index contributed by atoms with van der Waals surface area (Å²) in [5.74, 6) is 0. The van der Waals surface area contributed by atoms with Gasteiger partial charge in [0.25, 0.3) is 0 Å². The maximum absolute atomic E-state index is 5.92. The molecule has 1 atom stereocenters. The van der Waals surface area contributed by atoms with Gasteiger partial charge in [-0.2, -0.15) is 0 Å². The van der Waals surface area contributed by atoms with Crippen molar-refractivity contribution < 1.29 is 0 Å². The van der Waals surface area contributed by atoms with E-state index < -0.39 is 0 Å². The highest BCUT2D eigenvalue weighted by molar-refractivity contribution is 5.55. The van der Waals surface area contributed by atoms with Gasteiger partial charge in [-0.05, 0) is 57.5 Å². The zero-order chi connectivity index (χ0) is 14.4. The Bertz CT molecular complexity index is 405. The molecule has 3 nitrogen and oxygen atoms in total. The van der Waals surface area contributed by atoms with Crippen LogP contribution in [-0.2, 0) is 0 Å². The third-order valence-corrected chi connectivity index (χ3v) is 4.38. The van der Waals surface area contributed by atoms with Crippen molar-refractivity contribution in [1.29, 1.82) is 0 Å². The van der Waals surface area contributed by atoms with Gasteiger partial charge < -0.3 is 15.5 Å². The molecule has 1 fully saturated rings. The maximum Gasteiger partial charge on any atom is 0.0386 e. The van der Waals surface area contributed by atoms with Crippen molar-refractivity contribution in [2.45, 2.75) is 45.1 Å². The van der Waals surface area contributed by atoms with Crippen molar-refractivity contribution >= 4 is 11.4 Å². The van der Waals surface area contributed by atoms with Gasteiger partial charge in [-0.15, -0.1) is 0 Å². The molecule has 0 aromatic heterocycles. The van der Waals surface area contributed by atoms with Crippen molar-refractivity contribution in [1.82, 2.24) is 4.90 Å². The van der Waals surface area contributed by atoms with E-state index in [2.05, 4.69) is 42.0 Å². The molecular formula is C17H29N3. The molecular weight excluding hydrogens is 246 g/mol. The lowest BCUT2D eigenvalue weighted by atomic mass is 10.00. The molecule has 2 rings (SSSR count). The Kier molecular flexibility index (Phi) is 5.72. The molecule has 0 bridgehead atoms. The van der Waals surface area contributed by atoms with Gasteiger partial charge in [-0.3, -0.25) is 0 Å². The van der Waals surface area contributed by atoms with E-state index in [9.17, 15) is 0 Å². The van der Waals surface area contributed by atoms with Crippen LogP contribution in [0.1, 0.15) is 39.0 Å². The molecule has 1 saturated heterocycles. The summed E-state index contributed by atoms with van der Waals surface area (Å²) in [6.07, 6.45) is 6.54. The second kappa shape index (κ2) is 7.53. The highest BCUT2D eigenvalue weighted by Crippen LogP contribution is 2.22. The summed E-state index contributed by atoms with van der Waals surface area (Å²) in [4.78, 5) is 5.02. The number of rotatable bonds is 6. The third kappa shape index (κ3) is 4.14. The van der Waals surface area contributed by atoms with Crippen LogP contribution in [0, 0.1) is 0 Å². The van der Waals surface area contributed by atoms with E-state index in [-0.39, 0.29) is 0 Å². The van der Waals surface area contributed by atoms with Gasteiger partial charge in [-0.25, -0.2) is 0 Å². The molecule has 0 spiro atoms. The molecule has 0 amide bonds. The van der Waals surface area contributed by atoms with Gasteiger partial charge in [0.2, 0.25) is 0 Å². The maximum atomic E-state index is 5.92. The number of hydrogen-bond donors (Lipinski definition) is 1. The molecule has 1 heterocycles. The molecule has 1 unspecified atom stereocenters. The molecule has 3 heteroatoms. The highest BCUT2D eigenvalue weighted by atomic mass is 15.2. The zero-order valence-electron chi connectivity index (χ0n) is 13.0. The Hall–Kier alpha value is -1.22. The summed E-state index contributed by atoms with van der Waals surface area (Å²) in [6.45, 7) is 5.74. The van der Waals surface area contributed by atoms with E-state index in [0.29, 0.717) is 0 Å². The number of piperidine rings is 1. The van der Waals surface area contributed by atoms with Crippen molar-refractivity contribution in [3.05, 3.63) is 24.3 Å². The predicted octanol–water partition coefficient (Wildman–Crippen LogP) is 3.36. The van der Waals surface area contributed by atoms with Crippen LogP contribution in [0.4, 0.5) is 11.4 Å². The van der Waals surface area contributed by atoms with E-state index >= 15 is 0 Å². The van der Waals surface area contributed by atoms with Crippen molar-refractivity contribution in [3.63, 3.8) is 0 Å². The smallest absolute Gasteiger partial charge is 0.0386 e. The first kappa shape index (κ1) is 15.2. The molecule has 2 N–H and O–H groups in total. The van der Waals surface area contributed by atoms with E-state index in [4.69, 9.17) is 5.73 Å². The summed E-state index contributed by atoms with van der Waals surface area (Å²) in [6, 6.07) is 9.04. The Morgan fingerprint density at radius 3 is 2.85 bits per heavy atom. The minimum atomic E-state index is 0.754. The number of nitrogen functional groups attached to an aromatic ring is 1. The van der Waals surface area contributed by atoms with Crippen LogP contribution in [0.5, 0.6) is 0 Å². The largest absolute Gasteiger partial charge is 0.399 e. The lowest BCUT2D eigenvalue weighted by Crippen LogP contribution is -2.39. The Morgan fingerprint density at radius 2 is 2.15 bits per heavy atom. The van der Waals surface area contributed by atoms with E-state index in [0.717, 1.165) is 24.8 Å². The average molecular weight is 275 g/mol. The van der Waals surface area contributed by atoms with Crippen LogP contribution in [-0.4, -0.2) is 37.6 Å². The van der Waals surface area contributed by atoms with Crippen LogP contribution in [0.15, 0.2) is 24.3 Å². The summed E-state index contributed by atoms with van der Waals surface area (Å²) in [5.41, 5.74) is 8.05. The second-order valence-electron chi connectivity index (χ2n) is 6.00. The Balaban J connectivity index is 1.95. The van der Waals surface area contributed by atoms with Gasteiger partial charge in [0.1, 0.15) is 0 Å². The Labute approximate surface area is 123 Å². The summed E-state index contributed by atoms with van der Waals surface area (Å²) >= 11 is 0. The average Bonchev–Trinajstić information content (AvgIpc) is 2.45. The van der Waals surface area contributed by atoms with E-state index in [1.807, 2.05) is 6.07 Å². The summed E-state index contributed by atoms with van der Waals surface area (Å²) in [7, 11) is 2.27. The fourth-order valence-corrected chi connectivity index (χ4v) is 3.18. The summed E-state index contributed by atoms with van der Waals surface area (Å²) < 4.78 is 0. The normalized spacial score (nSPS) is 20.0. The van der Waals surface area contributed by atoms with Crippen molar-refractivity contribution in [3.8, 4) is 0 Å². The molecule has 0 radical (unpaired) electrons. The molecule has 20 heavy (non-hydrogen) atoms. The Morgan fingerprint density at radius 1 is 1.30 bits per heavy atom. The molecule has 0 aliphatic carbocycles. The van der Waals surface area contributed by atoms with Crippen LogP contribution in [0.2, 0.25) is 0 Å². The quantitative estimate of drug-likeness (QED) is 0.808. The number of benzene rings is 1. The van der Waals surface area contributed by atoms with Gasteiger partial charge in [0.15, 0.2) is 0 Å². The van der Waals surface area contributed by atoms with Crippen molar-refractivity contribution in [2.75, 3.05) is 37.3 Å². The predicted molar refractivity (Wildman–Crippen MR) is 88.2 cm³/mol. The topological polar surface area (TPSA) is 32.5 Å². The van der Waals surface area contributed by atoms with Crippen LogP contribution < -0.4 is 10.6 Å². The van der Waals surface area contributed by atoms with Gasteiger partial charge >= 0.3 is 0 Å². The monoisotopic (exact) mass is 275 g/mol. The number of nitrogens with zero attached hydrogens (tertiary/aromatic N) is 2. The number of hydrogen-bond acceptors (Lipinski definition) is 3. The lowest BCUT2D eigenvalue weighted by molar-refractivity contribution is 0.177. The van der Waals surface area contributed by atoms with Crippen LogP contribution >= 0.6 is 0 Å². The minimum Gasteiger partial charge on any atom is -0.399 e. The van der Waals surface area contributed by atoms with Gasteiger partial charge in [0.05, 0.1) is 0 Å². The fraction of sp³-hybridized carbons (Fsp3) is 0.647. The molecule has 112 valence electrons. The minimum absolute atomic E-state index is 0.754. The number of anilines is 2. The first-order chi connectivity index (χ1) is 9.70. The van der Waals surface area contributed by atoms with Crippen LogP contribution in [0.3, 0.4) is 0 Å². The molecule has 1 aromatic rings. The number of likely N-dealkylation sites (tertiary alicyclic amines) is 1.